The van der Waals surface area contributed by atoms with Crippen LogP contribution in [0.2, 0.25) is 0 Å². The molecule has 0 N–H and O–H groups in total. The molecule has 0 saturated heterocycles. The van der Waals surface area contributed by atoms with Crippen LogP contribution in [0.15, 0.2) is 51.9 Å². The molecule has 30 heavy (non-hydrogen) atoms. The van der Waals surface area contributed by atoms with E-state index in [0.717, 1.165) is 12.8 Å². The number of rotatable bonds is 5. The first-order valence-corrected chi connectivity index (χ1v) is 10.1. The molecular weight excluding hydrogens is 386 g/mol. The van der Waals surface area contributed by atoms with Gasteiger partial charge in [0, 0.05) is 12.1 Å². The molecule has 0 aliphatic heterocycles. The monoisotopic (exact) mass is 409 g/mol. The molecule has 2 aromatic carbocycles. The van der Waals surface area contributed by atoms with E-state index in [2.05, 4.69) is 0 Å². The minimum atomic E-state index is -0.540. The van der Waals surface area contributed by atoms with Crippen LogP contribution in [0.1, 0.15) is 38.5 Å². The lowest BCUT2D eigenvalue weighted by atomic mass is 10.0. The van der Waals surface area contributed by atoms with Crippen molar-refractivity contribution >= 4 is 16.7 Å². The smallest absolute Gasteiger partial charge is 0.311 e. The lowest BCUT2D eigenvalue weighted by molar-refractivity contribution is -0.385. The molecule has 0 bridgehead atoms. The molecule has 156 valence electrons. The molecule has 1 fully saturated rings. The summed E-state index contributed by atoms with van der Waals surface area (Å²) in [5.74, 6) is 0.819. The zero-order chi connectivity index (χ0) is 21.1. The van der Waals surface area contributed by atoms with E-state index in [4.69, 9.17) is 13.9 Å². The summed E-state index contributed by atoms with van der Waals surface area (Å²) in [4.78, 5) is 23.8. The molecule has 1 aromatic heterocycles. The van der Waals surface area contributed by atoms with Crippen molar-refractivity contribution in [2.75, 3.05) is 7.11 Å². The lowest BCUT2D eigenvalue weighted by Crippen LogP contribution is -2.15. The molecule has 1 saturated carbocycles. The maximum Gasteiger partial charge on any atom is 0.311 e. The van der Waals surface area contributed by atoms with Crippen molar-refractivity contribution in [3.05, 3.63) is 63.0 Å². The van der Waals surface area contributed by atoms with E-state index >= 15 is 0 Å². The Hall–Kier alpha value is -3.35. The number of hydrogen-bond donors (Lipinski definition) is 0. The number of nitrogens with zero attached hydrogens (tertiary/aromatic N) is 1. The van der Waals surface area contributed by atoms with Gasteiger partial charge < -0.3 is 13.9 Å². The Morgan fingerprint density at radius 3 is 2.53 bits per heavy atom. The summed E-state index contributed by atoms with van der Waals surface area (Å²) in [7, 11) is 1.36. The third-order valence-corrected chi connectivity index (χ3v) is 5.54. The Morgan fingerprint density at radius 1 is 1.07 bits per heavy atom. The fraction of sp³-hybridized carbons (Fsp3) is 0.348. The minimum Gasteiger partial charge on any atom is -0.490 e. The van der Waals surface area contributed by atoms with E-state index in [1.165, 1.54) is 51.2 Å². The number of hydrogen-bond acceptors (Lipinski definition) is 6. The average molecular weight is 409 g/mol. The van der Waals surface area contributed by atoms with E-state index in [0.29, 0.717) is 22.3 Å². The van der Waals surface area contributed by atoms with Crippen LogP contribution in [-0.2, 0) is 0 Å². The van der Waals surface area contributed by atoms with Crippen LogP contribution >= 0.6 is 0 Å². The molecule has 0 spiro atoms. The van der Waals surface area contributed by atoms with Gasteiger partial charge in [0.05, 0.1) is 29.1 Å². The molecule has 4 rings (SSSR count). The third kappa shape index (κ3) is 4.01. The summed E-state index contributed by atoms with van der Waals surface area (Å²) in [6.45, 7) is 0. The summed E-state index contributed by atoms with van der Waals surface area (Å²) < 4.78 is 16.8. The standard InChI is InChI=1S/C23H23NO6/c1-28-21-11-8-15(12-20(21)24(26)27)19-14-29-22-13-17(9-10-18(22)23(19)25)30-16-6-4-2-3-5-7-16/h8-14,16H,2-7H2,1H3. The highest BCUT2D eigenvalue weighted by molar-refractivity contribution is 5.83. The van der Waals surface area contributed by atoms with Gasteiger partial charge in [-0.15, -0.1) is 0 Å². The van der Waals surface area contributed by atoms with Crippen LogP contribution in [0, 0.1) is 10.1 Å². The van der Waals surface area contributed by atoms with Crippen LogP contribution in [-0.4, -0.2) is 18.1 Å². The fourth-order valence-corrected chi connectivity index (χ4v) is 3.93. The fourth-order valence-electron chi connectivity index (χ4n) is 3.93. The number of fused-ring (bicyclic) bond motifs is 1. The van der Waals surface area contributed by atoms with Crippen LogP contribution in [0.3, 0.4) is 0 Å². The van der Waals surface area contributed by atoms with Crippen molar-refractivity contribution < 1.29 is 18.8 Å². The Kier molecular flexibility index (Phi) is 5.70. The zero-order valence-corrected chi connectivity index (χ0v) is 16.8. The van der Waals surface area contributed by atoms with Crippen molar-refractivity contribution in [3.63, 3.8) is 0 Å². The van der Waals surface area contributed by atoms with Gasteiger partial charge in [0.15, 0.2) is 11.2 Å². The van der Waals surface area contributed by atoms with Gasteiger partial charge >= 0.3 is 5.69 Å². The lowest BCUT2D eigenvalue weighted by Gasteiger charge is -2.17. The van der Waals surface area contributed by atoms with Crippen LogP contribution < -0.4 is 14.9 Å². The Labute approximate surface area is 173 Å². The van der Waals surface area contributed by atoms with Crippen LogP contribution in [0.5, 0.6) is 11.5 Å². The van der Waals surface area contributed by atoms with Gasteiger partial charge in [0.1, 0.15) is 17.6 Å². The minimum absolute atomic E-state index is 0.134. The summed E-state index contributed by atoms with van der Waals surface area (Å²) in [6.07, 6.45) is 8.45. The van der Waals surface area contributed by atoms with E-state index < -0.39 is 4.92 Å². The topological polar surface area (TPSA) is 91.8 Å². The quantitative estimate of drug-likeness (QED) is 0.315. The van der Waals surface area contributed by atoms with Crippen molar-refractivity contribution in [2.45, 2.75) is 44.6 Å². The normalized spacial score (nSPS) is 15.0. The molecule has 1 heterocycles. The average Bonchev–Trinajstić information content (AvgIpc) is 3.02. The first kappa shape index (κ1) is 19.9. The Morgan fingerprint density at radius 2 is 1.83 bits per heavy atom. The molecule has 1 aliphatic carbocycles. The number of methoxy groups -OCH3 is 1. The Bertz CT molecular complexity index is 1130. The van der Waals surface area contributed by atoms with Crippen molar-refractivity contribution in [3.8, 4) is 22.6 Å². The van der Waals surface area contributed by atoms with Crippen LogP contribution in [0.4, 0.5) is 5.69 Å². The van der Waals surface area contributed by atoms with Gasteiger partial charge in [-0.1, -0.05) is 12.8 Å². The summed E-state index contributed by atoms with van der Waals surface area (Å²) >= 11 is 0. The van der Waals surface area contributed by atoms with Crippen molar-refractivity contribution in [2.24, 2.45) is 0 Å². The van der Waals surface area contributed by atoms with Gasteiger partial charge in [0.25, 0.3) is 0 Å². The molecule has 0 atom stereocenters. The number of nitro groups is 1. The maximum absolute atomic E-state index is 13.0. The SMILES string of the molecule is COc1ccc(-c2coc3cc(OC4CCCCCC4)ccc3c2=O)cc1[N+](=O)[O-]. The summed E-state index contributed by atoms with van der Waals surface area (Å²) in [5.41, 5.74) is 0.624. The van der Waals surface area contributed by atoms with E-state index in [9.17, 15) is 14.9 Å². The van der Waals surface area contributed by atoms with E-state index in [1.807, 2.05) is 0 Å². The second kappa shape index (κ2) is 8.57. The molecular formula is C23H23NO6. The molecule has 7 heteroatoms. The molecule has 0 radical (unpaired) electrons. The summed E-state index contributed by atoms with van der Waals surface area (Å²) in [5, 5.41) is 11.7. The second-order valence-electron chi connectivity index (χ2n) is 7.51. The third-order valence-electron chi connectivity index (χ3n) is 5.54. The van der Waals surface area contributed by atoms with Crippen molar-refractivity contribution in [1.29, 1.82) is 0 Å². The highest BCUT2D eigenvalue weighted by Crippen LogP contribution is 2.32. The largest absolute Gasteiger partial charge is 0.490 e. The van der Waals surface area contributed by atoms with Gasteiger partial charge in [-0.25, -0.2) is 0 Å². The summed E-state index contributed by atoms with van der Waals surface area (Å²) in [6, 6.07) is 9.61. The van der Waals surface area contributed by atoms with Gasteiger partial charge in [0.2, 0.25) is 0 Å². The predicted octanol–water partition coefficient (Wildman–Crippen LogP) is 5.48. The van der Waals surface area contributed by atoms with E-state index in [1.54, 1.807) is 24.3 Å². The highest BCUT2D eigenvalue weighted by atomic mass is 16.6. The first-order chi connectivity index (χ1) is 14.6. The number of nitro benzene ring substituents is 1. The first-order valence-electron chi connectivity index (χ1n) is 10.1. The number of benzene rings is 2. The molecule has 7 nitrogen and oxygen atoms in total. The van der Waals surface area contributed by atoms with Gasteiger partial charge in [-0.3, -0.25) is 14.9 Å². The molecule has 0 unspecified atom stereocenters. The predicted molar refractivity (Wildman–Crippen MR) is 113 cm³/mol. The molecule has 3 aromatic rings. The van der Waals surface area contributed by atoms with Crippen LogP contribution in [0.25, 0.3) is 22.1 Å². The zero-order valence-electron chi connectivity index (χ0n) is 16.8. The van der Waals surface area contributed by atoms with Crippen molar-refractivity contribution in [1.82, 2.24) is 0 Å². The second-order valence-corrected chi connectivity index (χ2v) is 7.51. The van der Waals surface area contributed by atoms with E-state index in [-0.39, 0.29) is 28.5 Å². The maximum atomic E-state index is 13.0. The molecule has 0 amide bonds. The highest BCUT2D eigenvalue weighted by Gasteiger charge is 2.19. The van der Waals surface area contributed by atoms with Gasteiger partial charge in [-0.05, 0) is 55.5 Å². The molecule has 1 aliphatic rings. The number of ether oxygens (including phenoxy) is 2. The Balaban J connectivity index is 1.67. The van der Waals surface area contributed by atoms with Gasteiger partial charge in [-0.2, -0.15) is 0 Å².